The molecule has 3 heteroatoms. The molecule has 2 atom stereocenters. The summed E-state index contributed by atoms with van der Waals surface area (Å²) in [5.74, 6) is 0. The van der Waals surface area contributed by atoms with Gasteiger partial charge in [0.2, 0.25) is 0 Å². The number of benzene rings is 1. The van der Waals surface area contributed by atoms with Gasteiger partial charge in [0, 0.05) is 23.2 Å². The summed E-state index contributed by atoms with van der Waals surface area (Å²) in [7, 11) is 0. The highest BCUT2D eigenvalue weighted by Gasteiger charge is 2.36. The Morgan fingerprint density at radius 3 is 2.71 bits per heavy atom. The van der Waals surface area contributed by atoms with Crippen LogP contribution in [0.5, 0.6) is 0 Å². The molecule has 0 bridgehead atoms. The van der Waals surface area contributed by atoms with Crippen molar-refractivity contribution in [3.05, 3.63) is 36.0 Å². The maximum Gasteiger partial charge on any atom is 0.177 e. The predicted molar refractivity (Wildman–Crippen MR) is 71.4 cm³/mol. The van der Waals surface area contributed by atoms with Crippen molar-refractivity contribution in [1.29, 1.82) is 0 Å². The Labute approximate surface area is 103 Å². The monoisotopic (exact) mass is 233 g/mol. The van der Waals surface area contributed by atoms with E-state index in [0.717, 1.165) is 29.7 Å². The van der Waals surface area contributed by atoms with E-state index in [4.69, 9.17) is 5.73 Å². The molecule has 1 unspecified atom stereocenters. The highest BCUT2D eigenvalue weighted by Crippen LogP contribution is 2.40. The lowest BCUT2D eigenvalue weighted by molar-refractivity contribution is -0.0283. The number of hydroxylamine groups is 2. The minimum atomic E-state index is -0.0747. The molecule has 3 nitrogen and oxygen atoms in total. The van der Waals surface area contributed by atoms with E-state index in [0.29, 0.717) is 6.54 Å². The maximum atomic E-state index is 10.6. The average Bonchev–Trinajstić information content (AvgIpc) is 2.53. The highest BCUT2D eigenvalue weighted by atomic mass is 16.5. The van der Waals surface area contributed by atoms with Gasteiger partial charge in [-0.2, -0.15) is 0 Å². The lowest BCUT2D eigenvalue weighted by atomic mass is 10.0. The number of fused-ring (bicyclic) bond motifs is 1. The van der Waals surface area contributed by atoms with E-state index < -0.39 is 0 Å². The smallest absolute Gasteiger partial charge is 0.177 e. The molecule has 1 aliphatic rings. The summed E-state index contributed by atoms with van der Waals surface area (Å²) < 4.78 is -0.0747. The van der Waals surface area contributed by atoms with Crippen LogP contribution in [0.4, 0.5) is 5.69 Å². The lowest BCUT2D eigenvalue weighted by Gasteiger charge is -2.22. The van der Waals surface area contributed by atoms with Crippen LogP contribution in [-0.2, 0) is 0 Å². The Morgan fingerprint density at radius 2 is 2.06 bits per heavy atom. The third-order valence-corrected chi connectivity index (χ3v) is 3.14. The van der Waals surface area contributed by atoms with Crippen molar-refractivity contribution in [3.63, 3.8) is 0 Å². The normalized spacial score (nSPS) is 24.4. The van der Waals surface area contributed by atoms with Crippen LogP contribution in [0, 0.1) is 0 Å². The minimum absolute atomic E-state index is 0.0747. The molecule has 92 valence electrons. The van der Waals surface area contributed by atoms with Gasteiger partial charge in [-0.05, 0) is 25.8 Å². The number of nitrogens with zero attached hydrogens (tertiary/aromatic N) is 1. The second-order valence-electron chi connectivity index (χ2n) is 4.90. The summed E-state index contributed by atoms with van der Waals surface area (Å²) in [4.78, 5) is 0. The van der Waals surface area contributed by atoms with Crippen molar-refractivity contribution in [2.45, 2.75) is 32.7 Å². The summed E-state index contributed by atoms with van der Waals surface area (Å²) in [5.41, 5.74) is 9.14. The third kappa shape index (κ3) is 2.27. The zero-order chi connectivity index (χ0) is 12.5. The Morgan fingerprint density at radius 1 is 1.35 bits per heavy atom. The van der Waals surface area contributed by atoms with Crippen molar-refractivity contribution in [2.24, 2.45) is 5.73 Å². The van der Waals surface area contributed by atoms with Crippen molar-refractivity contribution in [1.82, 2.24) is 4.65 Å². The number of hydrogen-bond donors (Lipinski definition) is 2. The van der Waals surface area contributed by atoms with Gasteiger partial charge in [-0.15, -0.1) is 4.65 Å². The van der Waals surface area contributed by atoms with Gasteiger partial charge in [0.15, 0.2) is 5.69 Å². The topological polar surface area (TPSA) is 46.2 Å². The van der Waals surface area contributed by atoms with E-state index in [-0.39, 0.29) is 10.7 Å². The molecular weight excluding hydrogens is 212 g/mol. The lowest BCUT2D eigenvalue weighted by Crippen LogP contribution is -2.39. The van der Waals surface area contributed by atoms with Crippen LogP contribution in [0.15, 0.2) is 30.5 Å². The molecule has 1 aromatic carbocycles. The number of nitrogens with two attached hydrogens (primary N) is 1. The molecule has 0 spiro atoms. The largest absolute Gasteiger partial charge is 0.328 e. The second-order valence-corrected chi connectivity index (χ2v) is 4.90. The van der Waals surface area contributed by atoms with Gasteiger partial charge in [0.25, 0.3) is 0 Å². The first-order chi connectivity index (χ1) is 8.07. The minimum Gasteiger partial charge on any atom is -0.328 e. The van der Waals surface area contributed by atoms with Crippen molar-refractivity contribution >= 4 is 11.3 Å². The van der Waals surface area contributed by atoms with Crippen LogP contribution in [-0.4, -0.2) is 17.8 Å². The third-order valence-electron chi connectivity index (χ3n) is 3.14. The van der Waals surface area contributed by atoms with Crippen LogP contribution in [0.3, 0.4) is 0 Å². The van der Waals surface area contributed by atoms with E-state index in [1.165, 1.54) is 0 Å². The summed E-state index contributed by atoms with van der Waals surface area (Å²) in [5, 5.41) is 10.6. The molecular formula is C14H21N2O+. The predicted octanol–water partition coefficient (Wildman–Crippen LogP) is 2.88. The van der Waals surface area contributed by atoms with Gasteiger partial charge in [-0.1, -0.05) is 19.1 Å². The molecule has 0 aromatic heterocycles. The first kappa shape index (κ1) is 12.3. The number of hydrogen-bond acceptors (Lipinski definition) is 2. The molecule has 0 aliphatic carbocycles. The van der Waals surface area contributed by atoms with Crippen LogP contribution in [0.25, 0.3) is 5.57 Å². The summed E-state index contributed by atoms with van der Waals surface area (Å²) in [6.07, 6.45) is 3.69. The molecule has 17 heavy (non-hydrogen) atoms. The van der Waals surface area contributed by atoms with Crippen LogP contribution in [0.1, 0.15) is 32.3 Å². The molecule has 1 aliphatic heterocycles. The number of rotatable bonds is 4. The Bertz CT molecular complexity index is 440. The van der Waals surface area contributed by atoms with E-state index in [9.17, 15) is 5.21 Å². The van der Waals surface area contributed by atoms with Crippen LogP contribution >= 0.6 is 0 Å². The van der Waals surface area contributed by atoms with E-state index in [1.807, 2.05) is 31.3 Å². The van der Waals surface area contributed by atoms with Gasteiger partial charge < -0.3 is 5.73 Å². The van der Waals surface area contributed by atoms with Gasteiger partial charge in [0.1, 0.15) is 12.7 Å². The Hall–Kier alpha value is -1.16. The highest BCUT2D eigenvalue weighted by molar-refractivity contribution is 5.81. The van der Waals surface area contributed by atoms with Gasteiger partial charge >= 0.3 is 0 Å². The SMILES string of the molecule is CCC[N+]1(O)C=C(C[C@@H](C)N)c2ccccc21. The first-order valence-electron chi connectivity index (χ1n) is 6.24. The molecule has 3 N–H and O–H groups in total. The molecule has 0 saturated heterocycles. The van der Waals surface area contributed by atoms with Crippen LogP contribution < -0.4 is 10.4 Å². The standard InChI is InChI=1S/C14H21N2O/c1-3-8-16(17)10-12(9-11(2)15)13-6-4-5-7-14(13)16/h4-7,10-11,17H,3,8-9,15H2,1-2H3/q+1/t11-,16?/m1/s1. The zero-order valence-corrected chi connectivity index (χ0v) is 10.6. The van der Waals surface area contributed by atoms with E-state index >= 15 is 0 Å². The van der Waals surface area contributed by atoms with Crippen LogP contribution in [0.2, 0.25) is 0 Å². The molecule has 1 aromatic rings. The summed E-state index contributed by atoms with van der Waals surface area (Å²) in [6, 6.07) is 8.16. The molecule has 0 fully saturated rings. The maximum absolute atomic E-state index is 10.6. The zero-order valence-electron chi connectivity index (χ0n) is 10.6. The van der Waals surface area contributed by atoms with Gasteiger partial charge in [-0.25, -0.2) is 5.21 Å². The van der Waals surface area contributed by atoms with Crippen molar-refractivity contribution in [3.8, 4) is 0 Å². The molecule has 0 amide bonds. The van der Waals surface area contributed by atoms with Gasteiger partial charge in [0.05, 0.1) is 0 Å². The fourth-order valence-corrected chi connectivity index (χ4v) is 2.52. The quantitative estimate of drug-likeness (QED) is 0.785. The average molecular weight is 233 g/mol. The van der Waals surface area contributed by atoms with Crippen molar-refractivity contribution < 1.29 is 5.21 Å². The fraction of sp³-hybridized carbons (Fsp3) is 0.429. The molecule has 2 rings (SSSR count). The number of para-hydroxylation sites is 1. The van der Waals surface area contributed by atoms with E-state index in [1.54, 1.807) is 0 Å². The fourth-order valence-electron chi connectivity index (χ4n) is 2.52. The second kappa shape index (κ2) is 4.61. The summed E-state index contributed by atoms with van der Waals surface area (Å²) >= 11 is 0. The summed E-state index contributed by atoms with van der Waals surface area (Å²) in [6.45, 7) is 4.78. The molecule has 1 heterocycles. The van der Waals surface area contributed by atoms with Gasteiger partial charge in [-0.3, -0.25) is 0 Å². The molecule has 0 radical (unpaired) electrons. The Balaban J connectivity index is 2.42. The number of quaternary nitrogens is 1. The molecule has 0 saturated carbocycles. The first-order valence-corrected chi connectivity index (χ1v) is 6.24. The Kier molecular flexibility index (Phi) is 3.33. The van der Waals surface area contributed by atoms with E-state index in [2.05, 4.69) is 13.0 Å². The van der Waals surface area contributed by atoms with Crippen molar-refractivity contribution in [2.75, 3.05) is 6.54 Å².